The molecule has 0 aliphatic carbocycles. The molecule has 0 aliphatic rings. The van der Waals surface area contributed by atoms with Crippen LogP contribution in [0.1, 0.15) is 0 Å². The topological polar surface area (TPSA) is 145 Å². The summed E-state index contributed by atoms with van der Waals surface area (Å²) in [6.45, 7) is 0. The first kappa shape index (κ1) is 11.5. The number of amides is 2. The summed E-state index contributed by atoms with van der Waals surface area (Å²) in [6.07, 6.45) is 0. The maximum atomic E-state index is 9.70. The molecule has 0 saturated carbocycles. The molecule has 0 aliphatic heterocycles. The molecule has 0 radical (unpaired) electrons. The van der Waals surface area contributed by atoms with Crippen LogP contribution >= 0.6 is 0 Å². The first-order valence-corrected chi connectivity index (χ1v) is 2.16. The number of guanidine groups is 1. The standard InChI is InChI=1S/C2H6N4O.BH3O2/c3-1(4)6-2(5)7;2-1-3/h(H6,3,4,5,6,7);1-3H. The van der Waals surface area contributed by atoms with Gasteiger partial charge in [0, 0.05) is 0 Å². The van der Waals surface area contributed by atoms with Crippen molar-refractivity contribution < 1.29 is 14.8 Å². The van der Waals surface area contributed by atoms with Crippen LogP contribution in [-0.4, -0.2) is 29.7 Å². The van der Waals surface area contributed by atoms with E-state index in [2.05, 4.69) is 11.5 Å². The average Bonchev–Trinajstić information content (AvgIpc) is 1.62. The summed E-state index contributed by atoms with van der Waals surface area (Å²) < 4.78 is 0. The lowest BCUT2D eigenvalue weighted by Gasteiger charge is -1.91. The van der Waals surface area contributed by atoms with Crippen LogP contribution in [0.2, 0.25) is 0 Å². The normalized spacial score (nSPS) is 6.60. The van der Waals surface area contributed by atoms with Gasteiger partial charge in [0.25, 0.3) is 0 Å². The third kappa shape index (κ3) is 29.7. The Bertz CT molecular complexity index is 105. The van der Waals surface area contributed by atoms with Gasteiger partial charge in [-0.15, -0.1) is 0 Å². The largest absolute Gasteiger partial charge is 0.432 e. The van der Waals surface area contributed by atoms with Gasteiger partial charge in [0.1, 0.15) is 0 Å². The lowest BCUT2D eigenvalue weighted by Crippen LogP contribution is -2.39. The maximum absolute atomic E-state index is 9.70. The van der Waals surface area contributed by atoms with Crippen molar-refractivity contribution in [2.24, 2.45) is 11.5 Å². The van der Waals surface area contributed by atoms with E-state index >= 15 is 0 Å². The van der Waals surface area contributed by atoms with Gasteiger partial charge in [-0.25, -0.2) is 4.79 Å². The van der Waals surface area contributed by atoms with Gasteiger partial charge in [-0.1, -0.05) is 0 Å². The van der Waals surface area contributed by atoms with E-state index in [0.29, 0.717) is 0 Å². The fraction of sp³-hybridized carbons (Fsp3) is 0. The van der Waals surface area contributed by atoms with Crippen molar-refractivity contribution in [1.29, 1.82) is 5.41 Å². The lowest BCUT2D eigenvalue weighted by atomic mass is 10.5. The third-order valence-electron chi connectivity index (χ3n) is 0.258. The maximum Gasteiger partial charge on any atom is 0.432 e. The minimum Gasteiger partial charge on any atom is -0.430 e. The monoisotopic (exact) mass is 148 g/mol. The third-order valence-corrected chi connectivity index (χ3v) is 0.258. The van der Waals surface area contributed by atoms with Gasteiger partial charge in [0.2, 0.25) is 0 Å². The molecular formula is C2H9BN4O3. The van der Waals surface area contributed by atoms with E-state index in [-0.39, 0.29) is 0 Å². The molecule has 8 N–H and O–H groups in total. The quantitative estimate of drug-likeness (QED) is 0.122. The highest BCUT2D eigenvalue weighted by Crippen LogP contribution is 1.48. The fourth-order valence-corrected chi connectivity index (χ4v) is 0.133. The molecule has 10 heavy (non-hydrogen) atoms. The summed E-state index contributed by atoms with van der Waals surface area (Å²) in [7, 11) is -0.750. The highest BCUT2D eigenvalue weighted by atomic mass is 16.4. The highest BCUT2D eigenvalue weighted by Gasteiger charge is 1.88. The molecule has 2 amide bonds. The zero-order chi connectivity index (χ0) is 8.57. The van der Waals surface area contributed by atoms with Crippen molar-refractivity contribution in [3.8, 4) is 0 Å². The van der Waals surface area contributed by atoms with Crippen molar-refractivity contribution in [3.63, 3.8) is 0 Å². The minimum atomic E-state index is -0.812. The van der Waals surface area contributed by atoms with Gasteiger partial charge < -0.3 is 21.5 Å². The van der Waals surface area contributed by atoms with Crippen molar-refractivity contribution in [2.75, 3.05) is 0 Å². The van der Waals surface area contributed by atoms with Crippen LogP contribution in [0.25, 0.3) is 0 Å². The van der Waals surface area contributed by atoms with Crippen LogP contribution < -0.4 is 16.8 Å². The molecule has 0 heterocycles. The molecular weight excluding hydrogens is 139 g/mol. The Morgan fingerprint density at radius 3 is 1.80 bits per heavy atom. The first-order chi connectivity index (χ1) is 4.54. The number of urea groups is 1. The summed E-state index contributed by atoms with van der Waals surface area (Å²) >= 11 is 0. The van der Waals surface area contributed by atoms with Crippen LogP contribution in [0.4, 0.5) is 4.79 Å². The van der Waals surface area contributed by atoms with Gasteiger partial charge in [-0.2, -0.15) is 0 Å². The lowest BCUT2D eigenvalue weighted by molar-refractivity contribution is 0.253. The summed E-state index contributed by atoms with van der Waals surface area (Å²) in [5, 5.41) is 22.4. The molecule has 58 valence electrons. The smallest absolute Gasteiger partial charge is 0.430 e. The van der Waals surface area contributed by atoms with Crippen LogP contribution in [0.15, 0.2) is 0 Å². The predicted octanol–water partition coefficient (Wildman–Crippen LogP) is -3.21. The van der Waals surface area contributed by atoms with Gasteiger partial charge >= 0.3 is 13.7 Å². The number of hydrogen-bond acceptors (Lipinski definition) is 4. The predicted molar refractivity (Wildman–Crippen MR) is 36.2 cm³/mol. The number of carbonyl (C=O) groups excluding carboxylic acids is 1. The van der Waals surface area contributed by atoms with Crippen molar-refractivity contribution >= 4 is 19.7 Å². The van der Waals surface area contributed by atoms with Gasteiger partial charge in [0.15, 0.2) is 5.96 Å². The molecule has 0 aromatic rings. The second-order valence-electron chi connectivity index (χ2n) is 1.04. The van der Waals surface area contributed by atoms with E-state index < -0.39 is 19.7 Å². The number of primary amides is 1. The summed E-state index contributed by atoms with van der Waals surface area (Å²) in [5.74, 6) is -0.437. The van der Waals surface area contributed by atoms with E-state index in [0.717, 1.165) is 0 Å². The molecule has 0 bridgehead atoms. The van der Waals surface area contributed by atoms with Crippen molar-refractivity contribution in [1.82, 2.24) is 5.32 Å². The molecule has 0 aromatic carbocycles. The average molecular weight is 148 g/mol. The van der Waals surface area contributed by atoms with Crippen LogP contribution in [0.3, 0.4) is 0 Å². The van der Waals surface area contributed by atoms with E-state index in [1.807, 2.05) is 0 Å². The Morgan fingerprint density at radius 2 is 1.80 bits per heavy atom. The fourth-order valence-electron chi connectivity index (χ4n) is 0.133. The van der Waals surface area contributed by atoms with Gasteiger partial charge in [0.05, 0.1) is 0 Å². The Hall–Kier alpha value is -1.28. The molecule has 0 unspecified atom stereocenters. The second-order valence-corrected chi connectivity index (χ2v) is 1.04. The number of carbonyl (C=O) groups is 1. The molecule has 8 heteroatoms. The van der Waals surface area contributed by atoms with Crippen molar-refractivity contribution in [3.05, 3.63) is 0 Å². The summed E-state index contributed by atoms with van der Waals surface area (Å²) in [4.78, 5) is 9.70. The Labute approximate surface area is 57.8 Å². The molecule has 0 fully saturated rings. The van der Waals surface area contributed by atoms with Gasteiger partial charge in [-0.3, -0.25) is 10.7 Å². The summed E-state index contributed by atoms with van der Waals surface area (Å²) in [5.41, 5.74) is 9.19. The minimum absolute atomic E-state index is 0.437. The summed E-state index contributed by atoms with van der Waals surface area (Å²) in [6, 6.07) is -0.812. The van der Waals surface area contributed by atoms with E-state index in [1.165, 1.54) is 0 Å². The Morgan fingerprint density at radius 1 is 1.50 bits per heavy atom. The Balaban J connectivity index is 0. The molecule has 0 spiro atoms. The molecule has 0 rings (SSSR count). The molecule has 0 aromatic heterocycles. The van der Waals surface area contributed by atoms with Crippen LogP contribution in [0.5, 0.6) is 0 Å². The SMILES string of the molecule is N=C(N)NC(N)=O.OBO. The second kappa shape index (κ2) is 7.72. The molecule has 0 saturated heterocycles. The van der Waals surface area contributed by atoms with E-state index in [4.69, 9.17) is 15.5 Å². The van der Waals surface area contributed by atoms with Gasteiger partial charge in [-0.05, 0) is 0 Å². The van der Waals surface area contributed by atoms with Crippen LogP contribution in [-0.2, 0) is 0 Å². The highest BCUT2D eigenvalue weighted by molar-refractivity contribution is 6.13. The van der Waals surface area contributed by atoms with E-state index in [1.54, 1.807) is 5.32 Å². The van der Waals surface area contributed by atoms with E-state index in [9.17, 15) is 4.79 Å². The number of nitrogens with one attached hydrogen (secondary N) is 2. The number of hydrogen-bond donors (Lipinski definition) is 6. The van der Waals surface area contributed by atoms with Crippen LogP contribution in [0, 0.1) is 5.41 Å². The molecule has 0 atom stereocenters. The molecule has 7 nitrogen and oxygen atoms in total. The number of nitrogens with two attached hydrogens (primary N) is 2. The number of rotatable bonds is 0. The zero-order valence-corrected chi connectivity index (χ0v) is 5.16. The van der Waals surface area contributed by atoms with Crippen molar-refractivity contribution in [2.45, 2.75) is 0 Å². The zero-order valence-electron chi connectivity index (χ0n) is 5.16. The Kier molecular flexibility index (Phi) is 8.89. The first-order valence-electron chi connectivity index (χ1n) is 2.16.